The molecule has 1 aromatic heterocycles. The van der Waals surface area contributed by atoms with Crippen LogP contribution in [0.3, 0.4) is 0 Å². The van der Waals surface area contributed by atoms with Crippen molar-refractivity contribution in [1.82, 2.24) is 9.55 Å². The molecule has 1 N–H and O–H groups in total. The molecule has 0 aliphatic carbocycles. The van der Waals surface area contributed by atoms with Crippen LogP contribution in [0.25, 0.3) is 22.7 Å². The lowest BCUT2D eigenvalue weighted by molar-refractivity contribution is -0.118. The average molecular weight is 481 g/mol. The van der Waals surface area contributed by atoms with Crippen LogP contribution < -0.4 is 14.8 Å². The van der Waals surface area contributed by atoms with Gasteiger partial charge in [0, 0.05) is 12.7 Å². The van der Waals surface area contributed by atoms with Gasteiger partial charge in [-0.1, -0.05) is 35.9 Å². The number of allylic oxidation sites excluding steroid dienone is 1. The summed E-state index contributed by atoms with van der Waals surface area (Å²) in [6, 6.07) is 19.4. The van der Waals surface area contributed by atoms with Crippen molar-refractivity contribution in [3.8, 4) is 17.6 Å². The molecule has 7 heteroatoms. The van der Waals surface area contributed by atoms with Crippen LogP contribution >= 0.6 is 0 Å². The molecule has 1 heterocycles. The van der Waals surface area contributed by atoms with E-state index in [1.165, 1.54) is 7.11 Å². The Bertz CT molecular complexity index is 1500. The summed E-state index contributed by atoms with van der Waals surface area (Å²) in [5, 5.41) is 12.8. The largest absolute Gasteiger partial charge is 0.493 e. The number of anilines is 1. The topological polar surface area (TPSA) is 89.2 Å². The molecule has 0 fully saturated rings. The minimum Gasteiger partial charge on any atom is -0.493 e. The van der Waals surface area contributed by atoms with Crippen molar-refractivity contribution in [3.63, 3.8) is 0 Å². The quantitative estimate of drug-likeness (QED) is 0.348. The first-order valence-electron chi connectivity index (χ1n) is 11.5. The number of rotatable bonds is 7. The molecule has 4 aromatic rings. The lowest BCUT2D eigenvalue weighted by Gasteiger charge is -2.14. The Kier molecular flexibility index (Phi) is 7.07. The number of imidazole rings is 1. The zero-order valence-electron chi connectivity index (χ0n) is 21.0. The number of methoxy groups -OCH3 is 1. The maximum Gasteiger partial charge on any atom is 0.262 e. The Balaban J connectivity index is 1.52. The van der Waals surface area contributed by atoms with Gasteiger partial charge in [0.2, 0.25) is 0 Å². The van der Waals surface area contributed by atoms with Gasteiger partial charge in [0.25, 0.3) is 5.91 Å². The van der Waals surface area contributed by atoms with Crippen molar-refractivity contribution in [3.05, 3.63) is 82.7 Å². The summed E-state index contributed by atoms with van der Waals surface area (Å²) in [4.78, 5) is 17.2. The standard InChI is InChI=1S/C29H28N4O3/c1-18-12-19(2)28(20(3)13-18)32-27(34)17-36-25-11-10-21(15-26(25)35-5)14-22(16-30)29-31-23-8-6-7-9-24(23)33(29)4/h6-15H,17H2,1-5H3,(H,32,34). The number of benzene rings is 3. The highest BCUT2D eigenvalue weighted by Gasteiger charge is 2.14. The molecule has 3 aromatic carbocycles. The van der Waals surface area contributed by atoms with Crippen molar-refractivity contribution < 1.29 is 14.3 Å². The molecule has 182 valence electrons. The number of aryl methyl sites for hydroxylation is 4. The molecule has 0 spiro atoms. The molecule has 0 aliphatic heterocycles. The Morgan fingerprint density at radius 1 is 1.08 bits per heavy atom. The number of nitrogens with zero attached hydrogens (tertiary/aromatic N) is 3. The molecule has 0 aliphatic rings. The Labute approximate surface area is 210 Å². The Morgan fingerprint density at radius 2 is 1.81 bits per heavy atom. The van der Waals surface area contributed by atoms with E-state index in [9.17, 15) is 10.1 Å². The molecule has 0 saturated carbocycles. The summed E-state index contributed by atoms with van der Waals surface area (Å²) in [5.74, 6) is 1.21. The normalized spacial score (nSPS) is 11.3. The molecule has 0 unspecified atom stereocenters. The second-order valence-corrected chi connectivity index (χ2v) is 8.67. The summed E-state index contributed by atoms with van der Waals surface area (Å²) >= 11 is 0. The lowest BCUT2D eigenvalue weighted by atomic mass is 10.1. The molecular formula is C29H28N4O3. The van der Waals surface area contributed by atoms with E-state index in [2.05, 4.69) is 16.4 Å². The van der Waals surface area contributed by atoms with Gasteiger partial charge in [-0.05, 0) is 67.8 Å². The third-order valence-electron chi connectivity index (χ3n) is 5.95. The van der Waals surface area contributed by atoms with Crippen LogP contribution in [0.1, 0.15) is 28.1 Å². The smallest absolute Gasteiger partial charge is 0.262 e. The fourth-order valence-corrected chi connectivity index (χ4v) is 4.29. The van der Waals surface area contributed by atoms with E-state index >= 15 is 0 Å². The van der Waals surface area contributed by atoms with Crippen molar-refractivity contribution >= 4 is 34.3 Å². The molecule has 0 atom stereocenters. The van der Waals surface area contributed by atoms with Crippen LogP contribution in [0.2, 0.25) is 0 Å². The van der Waals surface area contributed by atoms with E-state index in [1.54, 1.807) is 18.2 Å². The van der Waals surface area contributed by atoms with Gasteiger partial charge in [0.1, 0.15) is 6.07 Å². The van der Waals surface area contributed by atoms with Gasteiger partial charge in [-0.15, -0.1) is 0 Å². The highest BCUT2D eigenvalue weighted by molar-refractivity contribution is 5.94. The number of aromatic nitrogens is 2. The number of amides is 1. The van der Waals surface area contributed by atoms with Crippen LogP contribution in [0.15, 0.2) is 54.6 Å². The number of ether oxygens (including phenoxy) is 2. The summed E-state index contributed by atoms with van der Waals surface area (Å²) in [5.41, 5.74) is 6.90. The molecule has 0 bridgehead atoms. The minimum atomic E-state index is -0.260. The first kappa shape index (κ1) is 24.6. The second-order valence-electron chi connectivity index (χ2n) is 8.67. The Morgan fingerprint density at radius 3 is 2.47 bits per heavy atom. The molecule has 0 radical (unpaired) electrons. The van der Waals surface area contributed by atoms with E-state index in [-0.39, 0.29) is 12.5 Å². The van der Waals surface area contributed by atoms with Crippen LogP contribution in [0.4, 0.5) is 5.69 Å². The fraction of sp³-hybridized carbons (Fsp3) is 0.207. The van der Waals surface area contributed by atoms with Crippen LogP contribution in [0, 0.1) is 32.1 Å². The van der Waals surface area contributed by atoms with Gasteiger partial charge in [-0.3, -0.25) is 4.79 Å². The third-order valence-corrected chi connectivity index (χ3v) is 5.95. The number of nitrogens with one attached hydrogen (secondary N) is 1. The predicted octanol–water partition coefficient (Wildman–Crippen LogP) is 5.59. The van der Waals surface area contributed by atoms with Crippen LogP contribution in [-0.4, -0.2) is 29.2 Å². The fourth-order valence-electron chi connectivity index (χ4n) is 4.29. The maximum absolute atomic E-state index is 12.6. The van der Waals surface area contributed by atoms with Gasteiger partial charge in [0.15, 0.2) is 23.9 Å². The maximum atomic E-state index is 12.6. The summed E-state index contributed by atoms with van der Waals surface area (Å²) in [6.45, 7) is 5.79. The van der Waals surface area contributed by atoms with Gasteiger partial charge >= 0.3 is 0 Å². The van der Waals surface area contributed by atoms with Crippen LogP contribution in [0.5, 0.6) is 11.5 Å². The predicted molar refractivity (Wildman–Crippen MR) is 142 cm³/mol. The number of carbonyl (C=O) groups excluding carboxylic acids is 1. The third kappa shape index (κ3) is 5.08. The number of hydrogen-bond acceptors (Lipinski definition) is 5. The molecule has 4 rings (SSSR count). The van der Waals surface area contributed by atoms with Gasteiger partial charge < -0.3 is 19.4 Å². The van der Waals surface area contributed by atoms with Crippen molar-refractivity contribution in [2.24, 2.45) is 7.05 Å². The highest BCUT2D eigenvalue weighted by Crippen LogP contribution is 2.30. The second kappa shape index (κ2) is 10.4. The van der Waals surface area contributed by atoms with Gasteiger partial charge in [0.05, 0.1) is 23.7 Å². The van der Waals surface area contributed by atoms with Crippen molar-refractivity contribution in [1.29, 1.82) is 5.26 Å². The monoisotopic (exact) mass is 480 g/mol. The first-order valence-corrected chi connectivity index (χ1v) is 11.5. The number of fused-ring (bicyclic) bond motifs is 1. The molecule has 0 saturated heterocycles. The number of carbonyl (C=O) groups is 1. The zero-order valence-corrected chi connectivity index (χ0v) is 21.0. The molecular weight excluding hydrogens is 452 g/mol. The molecule has 7 nitrogen and oxygen atoms in total. The summed E-state index contributed by atoms with van der Waals surface area (Å²) in [6.07, 6.45) is 1.75. The number of nitriles is 1. The van der Waals surface area contributed by atoms with Crippen molar-refractivity contribution in [2.75, 3.05) is 19.0 Å². The molecule has 1 amide bonds. The molecule has 36 heavy (non-hydrogen) atoms. The Hall–Kier alpha value is -4.57. The van der Waals surface area contributed by atoms with E-state index in [1.807, 2.05) is 74.9 Å². The van der Waals surface area contributed by atoms with E-state index < -0.39 is 0 Å². The number of hydrogen-bond donors (Lipinski definition) is 1. The van der Waals surface area contributed by atoms with E-state index in [0.717, 1.165) is 39.0 Å². The highest BCUT2D eigenvalue weighted by atomic mass is 16.5. The SMILES string of the molecule is COc1cc(C=C(C#N)c2nc3ccccc3n2C)ccc1OCC(=O)Nc1c(C)cc(C)cc1C. The average Bonchev–Trinajstić information content (AvgIpc) is 3.20. The van der Waals surface area contributed by atoms with Crippen LogP contribution in [-0.2, 0) is 11.8 Å². The van der Waals surface area contributed by atoms with Gasteiger partial charge in [-0.25, -0.2) is 4.98 Å². The lowest BCUT2D eigenvalue weighted by Crippen LogP contribution is -2.21. The first-order chi connectivity index (χ1) is 17.3. The number of para-hydroxylation sites is 2. The van der Waals surface area contributed by atoms with E-state index in [4.69, 9.17) is 9.47 Å². The zero-order chi connectivity index (χ0) is 25.8. The summed E-state index contributed by atoms with van der Waals surface area (Å²) < 4.78 is 13.1. The van der Waals surface area contributed by atoms with Crippen molar-refractivity contribution in [2.45, 2.75) is 20.8 Å². The van der Waals surface area contributed by atoms with E-state index in [0.29, 0.717) is 22.9 Å². The van der Waals surface area contributed by atoms with Gasteiger partial charge in [-0.2, -0.15) is 5.26 Å². The minimum absolute atomic E-state index is 0.165. The summed E-state index contributed by atoms with van der Waals surface area (Å²) in [7, 11) is 3.42.